The molecular weight excluding hydrogens is 316 g/mol. The highest BCUT2D eigenvalue weighted by atomic mass is 16.5. The van der Waals surface area contributed by atoms with Crippen LogP contribution in [0.1, 0.15) is 46.0 Å². The molecule has 0 aromatic heterocycles. The number of ether oxygens (including phenoxy) is 1. The molecule has 0 N–H and O–H groups in total. The molecule has 0 radical (unpaired) electrons. The Bertz CT molecular complexity index is 587. The fourth-order valence-corrected chi connectivity index (χ4v) is 5.49. The SMILES string of the molecule is C/C=C(/C)C(=O)OC1CCN2CC3CC(CN4CCC(=O)CC34)C2C1. The van der Waals surface area contributed by atoms with Gasteiger partial charge in [0.2, 0.25) is 0 Å². The van der Waals surface area contributed by atoms with Crippen molar-refractivity contribution < 1.29 is 14.3 Å². The molecule has 4 aliphatic heterocycles. The fraction of sp³-hybridized carbons (Fsp3) is 0.800. The van der Waals surface area contributed by atoms with Gasteiger partial charge in [-0.05, 0) is 38.5 Å². The predicted molar refractivity (Wildman–Crippen MR) is 95.1 cm³/mol. The van der Waals surface area contributed by atoms with Gasteiger partial charge in [0.05, 0.1) is 0 Å². The van der Waals surface area contributed by atoms with E-state index in [4.69, 9.17) is 4.74 Å². The lowest BCUT2D eigenvalue weighted by Gasteiger charge is -2.57. The third-order valence-electron chi connectivity index (χ3n) is 6.96. The predicted octanol–water partition coefficient (Wildman–Crippen LogP) is 2.01. The molecule has 5 atom stereocenters. The van der Waals surface area contributed by atoms with E-state index in [1.807, 2.05) is 19.9 Å². The average molecular weight is 346 g/mol. The maximum Gasteiger partial charge on any atom is 0.333 e. The molecule has 5 nitrogen and oxygen atoms in total. The third-order valence-corrected chi connectivity index (χ3v) is 6.96. The van der Waals surface area contributed by atoms with Gasteiger partial charge in [-0.1, -0.05) is 6.08 Å². The molecule has 0 spiro atoms. The number of allylic oxidation sites excluding steroid dienone is 1. The molecule has 25 heavy (non-hydrogen) atoms. The van der Waals surface area contributed by atoms with E-state index in [1.165, 1.54) is 6.42 Å². The van der Waals surface area contributed by atoms with Gasteiger partial charge in [-0.15, -0.1) is 0 Å². The van der Waals surface area contributed by atoms with Gasteiger partial charge in [-0.25, -0.2) is 4.79 Å². The summed E-state index contributed by atoms with van der Waals surface area (Å²) in [5, 5.41) is 0. The van der Waals surface area contributed by atoms with Crippen LogP contribution in [0.5, 0.6) is 0 Å². The average Bonchev–Trinajstić information content (AvgIpc) is 2.62. The minimum absolute atomic E-state index is 0.0563. The maximum atomic E-state index is 12.1. The van der Waals surface area contributed by atoms with Crippen molar-refractivity contribution in [1.82, 2.24) is 9.80 Å². The molecule has 5 heteroatoms. The van der Waals surface area contributed by atoms with Crippen molar-refractivity contribution in [3.05, 3.63) is 11.6 Å². The van der Waals surface area contributed by atoms with Crippen LogP contribution in [0.15, 0.2) is 11.6 Å². The van der Waals surface area contributed by atoms with E-state index >= 15 is 0 Å². The van der Waals surface area contributed by atoms with Crippen LogP contribution in [-0.4, -0.2) is 65.9 Å². The van der Waals surface area contributed by atoms with E-state index in [-0.39, 0.29) is 12.1 Å². The first kappa shape index (κ1) is 17.2. The third kappa shape index (κ3) is 3.28. The molecular formula is C20H30N2O3. The molecule has 5 unspecified atom stereocenters. The Morgan fingerprint density at radius 1 is 1.12 bits per heavy atom. The summed E-state index contributed by atoms with van der Waals surface area (Å²) in [7, 11) is 0. The van der Waals surface area contributed by atoms with E-state index < -0.39 is 0 Å². The number of rotatable bonds is 2. The van der Waals surface area contributed by atoms with Crippen molar-refractivity contribution in [1.29, 1.82) is 0 Å². The molecule has 0 aromatic rings. The summed E-state index contributed by atoms with van der Waals surface area (Å²) in [5.41, 5.74) is 0.699. The Hall–Kier alpha value is -1.20. The number of carbonyl (C=O) groups is 2. The van der Waals surface area contributed by atoms with E-state index in [2.05, 4.69) is 9.80 Å². The molecule has 0 saturated carbocycles. The molecule has 0 aromatic carbocycles. The topological polar surface area (TPSA) is 49.9 Å². The monoisotopic (exact) mass is 346 g/mol. The molecule has 138 valence electrons. The standard InChI is InChI=1S/C20H30N2O3/c1-3-13(2)20(24)25-17-5-7-22-11-14-8-15(19(22)10-17)12-21-6-4-16(23)9-18(14)21/h3,14-15,17-19H,4-12H2,1-2H3/b13-3-. The van der Waals surface area contributed by atoms with E-state index in [9.17, 15) is 9.59 Å². The van der Waals surface area contributed by atoms with Crippen molar-refractivity contribution in [2.75, 3.05) is 26.2 Å². The van der Waals surface area contributed by atoms with Crippen LogP contribution in [0.3, 0.4) is 0 Å². The van der Waals surface area contributed by atoms with Crippen LogP contribution < -0.4 is 0 Å². The van der Waals surface area contributed by atoms with E-state index in [1.54, 1.807) is 0 Å². The second-order valence-electron chi connectivity index (χ2n) is 8.40. The minimum Gasteiger partial charge on any atom is -0.459 e. The Balaban J connectivity index is 1.42. The largest absolute Gasteiger partial charge is 0.459 e. The summed E-state index contributed by atoms with van der Waals surface area (Å²) < 4.78 is 5.76. The number of fused-ring (bicyclic) bond motifs is 6. The smallest absolute Gasteiger partial charge is 0.333 e. The molecule has 2 bridgehead atoms. The fourth-order valence-electron chi connectivity index (χ4n) is 5.49. The van der Waals surface area contributed by atoms with Crippen molar-refractivity contribution in [2.24, 2.45) is 11.8 Å². The number of hydrogen-bond acceptors (Lipinski definition) is 5. The summed E-state index contributed by atoms with van der Waals surface area (Å²) in [5.74, 6) is 1.59. The molecule has 4 aliphatic rings. The molecule has 4 heterocycles. The first-order valence-corrected chi connectivity index (χ1v) is 9.89. The van der Waals surface area contributed by atoms with Crippen molar-refractivity contribution in [3.8, 4) is 0 Å². The summed E-state index contributed by atoms with van der Waals surface area (Å²) >= 11 is 0. The van der Waals surface area contributed by atoms with E-state index in [0.717, 1.165) is 51.9 Å². The highest BCUT2D eigenvalue weighted by Crippen LogP contribution is 2.42. The van der Waals surface area contributed by atoms with Crippen molar-refractivity contribution in [2.45, 2.75) is 64.1 Å². The second-order valence-corrected chi connectivity index (χ2v) is 8.40. The first-order valence-electron chi connectivity index (χ1n) is 9.89. The lowest BCUT2D eigenvalue weighted by molar-refractivity contribution is -0.152. The molecule has 0 amide bonds. The number of Topliss-reactive ketones (excluding diaryl/α,β-unsaturated/α-hetero) is 1. The number of ketones is 1. The van der Waals surface area contributed by atoms with Crippen molar-refractivity contribution in [3.63, 3.8) is 0 Å². The van der Waals surface area contributed by atoms with Gasteiger partial charge in [-0.2, -0.15) is 0 Å². The number of piperidine rings is 4. The van der Waals surface area contributed by atoms with Crippen LogP contribution in [0.25, 0.3) is 0 Å². The maximum absolute atomic E-state index is 12.1. The van der Waals surface area contributed by atoms with Crippen LogP contribution in [0, 0.1) is 11.8 Å². The quantitative estimate of drug-likeness (QED) is 0.565. The highest BCUT2D eigenvalue weighted by Gasteiger charge is 2.49. The molecule has 4 rings (SSSR count). The highest BCUT2D eigenvalue weighted by molar-refractivity contribution is 5.87. The van der Waals surface area contributed by atoms with Gasteiger partial charge >= 0.3 is 5.97 Å². The zero-order valence-electron chi connectivity index (χ0n) is 15.4. The van der Waals surface area contributed by atoms with Gasteiger partial charge in [0.25, 0.3) is 0 Å². The Morgan fingerprint density at radius 2 is 1.84 bits per heavy atom. The molecule has 4 fully saturated rings. The lowest BCUT2D eigenvalue weighted by atomic mass is 9.70. The number of esters is 1. The van der Waals surface area contributed by atoms with Crippen LogP contribution in [0.4, 0.5) is 0 Å². The first-order chi connectivity index (χ1) is 12.0. The summed E-state index contributed by atoms with van der Waals surface area (Å²) in [4.78, 5) is 29.2. The van der Waals surface area contributed by atoms with Crippen molar-refractivity contribution >= 4 is 11.8 Å². The summed E-state index contributed by atoms with van der Waals surface area (Å²) in [6.45, 7) is 7.89. The van der Waals surface area contributed by atoms with E-state index in [0.29, 0.717) is 35.3 Å². The summed E-state index contributed by atoms with van der Waals surface area (Å²) in [6.07, 6.45) is 6.52. The second kappa shape index (κ2) is 6.84. The van der Waals surface area contributed by atoms with Crippen LogP contribution in [0.2, 0.25) is 0 Å². The van der Waals surface area contributed by atoms with Gasteiger partial charge in [0.1, 0.15) is 11.9 Å². The van der Waals surface area contributed by atoms with Gasteiger partial charge in [-0.3, -0.25) is 14.6 Å². The molecule has 0 aliphatic carbocycles. The Kier molecular flexibility index (Phi) is 4.71. The Morgan fingerprint density at radius 3 is 2.60 bits per heavy atom. The van der Waals surface area contributed by atoms with Gasteiger partial charge in [0.15, 0.2) is 0 Å². The van der Waals surface area contributed by atoms with Crippen LogP contribution in [-0.2, 0) is 14.3 Å². The lowest BCUT2D eigenvalue weighted by Crippen LogP contribution is -2.65. The molecule has 4 saturated heterocycles. The van der Waals surface area contributed by atoms with Gasteiger partial charge < -0.3 is 4.74 Å². The summed E-state index contributed by atoms with van der Waals surface area (Å²) in [6, 6.07) is 1.01. The van der Waals surface area contributed by atoms with Gasteiger partial charge in [0, 0.05) is 63.1 Å². The number of carbonyl (C=O) groups excluding carboxylic acids is 2. The Labute approximate surface area is 150 Å². The van der Waals surface area contributed by atoms with Crippen LogP contribution >= 0.6 is 0 Å². The zero-order chi connectivity index (χ0) is 17.6. The number of nitrogens with zero attached hydrogens (tertiary/aromatic N) is 2. The minimum atomic E-state index is -0.159. The number of hydrogen-bond donors (Lipinski definition) is 0. The normalized spacial score (nSPS) is 39.5. The zero-order valence-corrected chi connectivity index (χ0v) is 15.4.